The molecule has 0 saturated heterocycles. The molecular formula is C10H17N3O3. The molecule has 2 amide bonds. The Morgan fingerprint density at radius 3 is 2.50 bits per heavy atom. The van der Waals surface area contributed by atoms with E-state index in [0.717, 1.165) is 0 Å². The molecule has 16 heavy (non-hydrogen) atoms. The molecule has 6 heteroatoms. The Kier molecular flexibility index (Phi) is 5.93. The van der Waals surface area contributed by atoms with E-state index in [1.54, 1.807) is 13.8 Å². The van der Waals surface area contributed by atoms with Crippen molar-refractivity contribution in [2.75, 3.05) is 13.6 Å². The first-order valence-corrected chi connectivity index (χ1v) is 5.06. The van der Waals surface area contributed by atoms with Gasteiger partial charge in [-0.1, -0.05) is 6.92 Å². The molecule has 2 unspecified atom stereocenters. The molecule has 0 heterocycles. The van der Waals surface area contributed by atoms with Gasteiger partial charge >= 0.3 is 12.0 Å². The van der Waals surface area contributed by atoms with Crippen LogP contribution in [0.3, 0.4) is 0 Å². The summed E-state index contributed by atoms with van der Waals surface area (Å²) in [6, 6.07) is 0.645. The molecule has 0 aromatic carbocycles. The highest BCUT2D eigenvalue weighted by Gasteiger charge is 2.20. The van der Waals surface area contributed by atoms with Crippen LogP contribution >= 0.6 is 0 Å². The van der Waals surface area contributed by atoms with Crippen LogP contribution in [0.5, 0.6) is 0 Å². The van der Waals surface area contributed by atoms with E-state index in [2.05, 4.69) is 5.32 Å². The average molecular weight is 227 g/mol. The standard InChI is InChI=1S/C10H17N3O3/c1-4-8(9(14)15)12-10(16)13(3)6-7(2)5-11/h7-8H,4,6H2,1-3H3,(H,12,16)(H,14,15). The largest absolute Gasteiger partial charge is 0.480 e. The van der Waals surface area contributed by atoms with Gasteiger partial charge in [-0.2, -0.15) is 5.26 Å². The Hall–Kier alpha value is -1.77. The maximum absolute atomic E-state index is 11.5. The fourth-order valence-corrected chi connectivity index (χ4v) is 1.13. The van der Waals surface area contributed by atoms with Gasteiger partial charge in [0.1, 0.15) is 6.04 Å². The maximum atomic E-state index is 11.5. The van der Waals surface area contributed by atoms with Crippen molar-refractivity contribution in [3.8, 4) is 6.07 Å². The van der Waals surface area contributed by atoms with Gasteiger partial charge in [-0.05, 0) is 13.3 Å². The second-order valence-corrected chi connectivity index (χ2v) is 3.66. The number of nitrogens with zero attached hydrogens (tertiary/aromatic N) is 2. The number of hydrogen-bond acceptors (Lipinski definition) is 3. The zero-order chi connectivity index (χ0) is 12.7. The predicted molar refractivity (Wildman–Crippen MR) is 57.7 cm³/mol. The molecular weight excluding hydrogens is 210 g/mol. The van der Waals surface area contributed by atoms with E-state index in [4.69, 9.17) is 10.4 Å². The van der Waals surface area contributed by atoms with Gasteiger partial charge in [0.15, 0.2) is 0 Å². The molecule has 0 aliphatic carbocycles. The number of carbonyl (C=O) groups is 2. The van der Waals surface area contributed by atoms with Crippen molar-refractivity contribution in [1.82, 2.24) is 10.2 Å². The van der Waals surface area contributed by atoms with Crippen LogP contribution in [0.4, 0.5) is 4.79 Å². The van der Waals surface area contributed by atoms with Gasteiger partial charge < -0.3 is 15.3 Å². The van der Waals surface area contributed by atoms with E-state index < -0.39 is 18.0 Å². The first-order valence-electron chi connectivity index (χ1n) is 5.06. The monoisotopic (exact) mass is 227 g/mol. The fourth-order valence-electron chi connectivity index (χ4n) is 1.13. The summed E-state index contributed by atoms with van der Waals surface area (Å²) in [7, 11) is 1.53. The predicted octanol–water partition coefficient (Wildman–Crippen LogP) is 0.651. The highest BCUT2D eigenvalue weighted by atomic mass is 16.4. The average Bonchev–Trinajstić information content (AvgIpc) is 2.24. The first kappa shape index (κ1) is 14.2. The molecule has 0 rings (SSSR count). The number of nitrogens with one attached hydrogen (secondary N) is 1. The second-order valence-electron chi connectivity index (χ2n) is 3.66. The van der Waals surface area contributed by atoms with Crippen LogP contribution in [0, 0.1) is 17.2 Å². The summed E-state index contributed by atoms with van der Waals surface area (Å²) in [5.41, 5.74) is 0. The number of amides is 2. The highest BCUT2D eigenvalue weighted by molar-refractivity contribution is 5.82. The third-order valence-corrected chi connectivity index (χ3v) is 2.12. The minimum absolute atomic E-state index is 0.276. The van der Waals surface area contributed by atoms with Crippen molar-refractivity contribution < 1.29 is 14.7 Å². The van der Waals surface area contributed by atoms with Crippen molar-refractivity contribution in [3.63, 3.8) is 0 Å². The van der Waals surface area contributed by atoms with Gasteiger partial charge in [0.05, 0.1) is 12.0 Å². The Labute approximate surface area is 94.8 Å². The van der Waals surface area contributed by atoms with Crippen LogP contribution in [0.2, 0.25) is 0 Å². The molecule has 6 nitrogen and oxygen atoms in total. The van der Waals surface area contributed by atoms with Crippen LogP contribution in [0.1, 0.15) is 20.3 Å². The summed E-state index contributed by atoms with van der Waals surface area (Å²) in [4.78, 5) is 23.5. The van der Waals surface area contributed by atoms with Crippen LogP contribution < -0.4 is 5.32 Å². The van der Waals surface area contributed by atoms with Gasteiger partial charge in [-0.3, -0.25) is 0 Å². The smallest absolute Gasteiger partial charge is 0.326 e. The zero-order valence-electron chi connectivity index (χ0n) is 9.73. The lowest BCUT2D eigenvalue weighted by Crippen LogP contribution is -2.47. The van der Waals surface area contributed by atoms with E-state index in [9.17, 15) is 9.59 Å². The van der Waals surface area contributed by atoms with Gasteiger partial charge in [0.2, 0.25) is 0 Å². The number of carboxylic acids is 1. The second kappa shape index (κ2) is 6.67. The lowest BCUT2D eigenvalue weighted by molar-refractivity contribution is -0.139. The minimum Gasteiger partial charge on any atom is -0.480 e. The number of hydrogen-bond donors (Lipinski definition) is 2. The highest BCUT2D eigenvalue weighted by Crippen LogP contribution is 1.98. The quantitative estimate of drug-likeness (QED) is 0.721. The SMILES string of the molecule is CCC(NC(=O)N(C)CC(C)C#N)C(=O)O. The Morgan fingerprint density at radius 1 is 1.56 bits per heavy atom. The molecule has 90 valence electrons. The Balaban J connectivity index is 4.24. The normalized spacial score (nSPS) is 13.4. The minimum atomic E-state index is -1.06. The number of urea groups is 1. The van der Waals surface area contributed by atoms with E-state index >= 15 is 0 Å². The number of rotatable bonds is 5. The molecule has 0 aliphatic heterocycles. The molecule has 2 N–H and O–H groups in total. The van der Waals surface area contributed by atoms with Crippen molar-refractivity contribution in [2.45, 2.75) is 26.3 Å². The van der Waals surface area contributed by atoms with Gasteiger partial charge in [-0.25, -0.2) is 9.59 Å². The zero-order valence-corrected chi connectivity index (χ0v) is 9.73. The lowest BCUT2D eigenvalue weighted by atomic mass is 10.2. The van der Waals surface area contributed by atoms with Crippen LogP contribution in [-0.4, -0.2) is 41.6 Å². The van der Waals surface area contributed by atoms with E-state index in [1.165, 1.54) is 11.9 Å². The third kappa shape index (κ3) is 4.64. The van der Waals surface area contributed by atoms with Crippen molar-refractivity contribution >= 4 is 12.0 Å². The Bertz CT molecular complexity index is 298. The molecule has 0 radical (unpaired) electrons. The molecule has 2 atom stereocenters. The topological polar surface area (TPSA) is 93.4 Å². The van der Waals surface area contributed by atoms with Gasteiger partial charge in [-0.15, -0.1) is 0 Å². The molecule has 0 bridgehead atoms. The fraction of sp³-hybridized carbons (Fsp3) is 0.700. The summed E-state index contributed by atoms with van der Waals surface area (Å²) in [5, 5.41) is 19.7. The summed E-state index contributed by atoms with van der Waals surface area (Å²) in [6.07, 6.45) is 0.322. The summed E-state index contributed by atoms with van der Waals surface area (Å²) in [6.45, 7) is 3.65. The van der Waals surface area contributed by atoms with Crippen molar-refractivity contribution in [2.24, 2.45) is 5.92 Å². The third-order valence-electron chi connectivity index (χ3n) is 2.12. The molecule has 0 spiro atoms. The summed E-state index contributed by atoms with van der Waals surface area (Å²) in [5.74, 6) is -1.33. The number of nitriles is 1. The van der Waals surface area contributed by atoms with E-state index in [1.807, 2.05) is 6.07 Å². The van der Waals surface area contributed by atoms with Gasteiger partial charge in [0, 0.05) is 13.6 Å². The molecule has 0 saturated carbocycles. The Morgan fingerprint density at radius 2 is 2.12 bits per heavy atom. The maximum Gasteiger partial charge on any atom is 0.326 e. The summed E-state index contributed by atoms with van der Waals surface area (Å²) >= 11 is 0. The van der Waals surface area contributed by atoms with Gasteiger partial charge in [0.25, 0.3) is 0 Å². The number of carboxylic acid groups (broad SMARTS) is 1. The van der Waals surface area contributed by atoms with E-state index in [-0.39, 0.29) is 12.5 Å². The molecule has 0 aromatic heterocycles. The lowest BCUT2D eigenvalue weighted by Gasteiger charge is -2.21. The van der Waals surface area contributed by atoms with Crippen LogP contribution in [-0.2, 0) is 4.79 Å². The van der Waals surface area contributed by atoms with Crippen molar-refractivity contribution in [1.29, 1.82) is 5.26 Å². The molecule has 0 aromatic rings. The van der Waals surface area contributed by atoms with Crippen molar-refractivity contribution in [3.05, 3.63) is 0 Å². The van der Waals surface area contributed by atoms with Crippen LogP contribution in [0.15, 0.2) is 0 Å². The van der Waals surface area contributed by atoms with E-state index in [0.29, 0.717) is 6.42 Å². The summed E-state index contributed by atoms with van der Waals surface area (Å²) < 4.78 is 0. The molecule has 0 aliphatic rings. The van der Waals surface area contributed by atoms with Crippen LogP contribution in [0.25, 0.3) is 0 Å². The number of aliphatic carboxylic acids is 1. The first-order chi connectivity index (χ1) is 7.42. The number of carbonyl (C=O) groups excluding carboxylic acids is 1. The molecule has 0 fully saturated rings.